The Balaban J connectivity index is 1.31. The standard InChI is InChI=1S/C27H23F2N3O4S2/c28-19-14-22(29)25-24(15-19)37-27(30-25)31(16-20-5-3-13-36-20)26(33)18-7-9-21(10-8-18)38(34,35)32-12-11-17-4-1-2-6-23(17)32/h1-2,4,6-10,14-15,20H,3,5,11-13,16H2. The van der Waals surface area contributed by atoms with Gasteiger partial charge in [-0.2, -0.15) is 0 Å². The molecule has 7 nitrogen and oxygen atoms in total. The molecule has 1 amide bonds. The van der Waals surface area contributed by atoms with Crippen molar-refractivity contribution < 1.29 is 26.7 Å². The number of aromatic nitrogens is 1. The van der Waals surface area contributed by atoms with E-state index in [0.29, 0.717) is 25.3 Å². The number of halogens is 2. The maximum absolute atomic E-state index is 14.3. The first-order valence-electron chi connectivity index (χ1n) is 12.2. The highest BCUT2D eigenvalue weighted by Gasteiger charge is 2.32. The second kappa shape index (κ2) is 9.72. The normalized spacial score (nSPS) is 17.2. The highest BCUT2D eigenvalue weighted by atomic mass is 32.2. The molecule has 196 valence electrons. The van der Waals surface area contributed by atoms with Gasteiger partial charge in [-0.3, -0.25) is 14.0 Å². The van der Waals surface area contributed by atoms with Gasteiger partial charge in [-0.05, 0) is 61.2 Å². The van der Waals surface area contributed by atoms with E-state index in [1.165, 1.54) is 39.5 Å². The predicted molar refractivity (Wildman–Crippen MR) is 141 cm³/mol. The van der Waals surface area contributed by atoms with Crippen LogP contribution in [0.2, 0.25) is 0 Å². The van der Waals surface area contributed by atoms with E-state index in [1.807, 2.05) is 12.1 Å². The molecule has 2 aliphatic heterocycles. The molecule has 0 spiro atoms. The van der Waals surface area contributed by atoms with Gasteiger partial charge in [-0.1, -0.05) is 29.5 Å². The van der Waals surface area contributed by atoms with Gasteiger partial charge in [-0.15, -0.1) is 0 Å². The van der Waals surface area contributed by atoms with Crippen LogP contribution in [-0.4, -0.2) is 45.1 Å². The SMILES string of the molecule is O=C(c1ccc(S(=O)(=O)N2CCc3ccccc32)cc1)N(CC1CCCO1)c1nc2c(F)cc(F)cc2s1. The first kappa shape index (κ1) is 24.9. The van der Waals surface area contributed by atoms with Crippen LogP contribution in [-0.2, 0) is 21.2 Å². The fourth-order valence-corrected chi connectivity index (χ4v) is 7.43. The van der Waals surface area contributed by atoms with Crippen molar-refractivity contribution in [2.75, 3.05) is 28.9 Å². The average molecular weight is 556 g/mol. The summed E-state index contributed by atoms with van der Waals surface area (Å²) in [5.74, 6) is -1.96. The van der Waals surface area contributed by atoms with Gasteiger partial charge in [0, 0.05) is 24.8 Å². The van der Waals surface area contributed by atoms with Crippen molar-refractivity contribution >= 4 is 48.3 Å². The molecule has 4 aromatic rings. The predicted octanol–water partition coefficient (Wildman–Crippen LogP) is 5.15. The number of thiazole rings is 1. The van der Waals surface area contributed by atoms with Crippen LogP contribution in [0, 0.1) is 11.6 Å². The molecule has 1 fully saturated rings. The number of sulfonamides is 1. The molecule has 0 saturated carbocycles. The van der Waals surface area contributed by atoms with Gasteiger partial charge in [0.1, 0.15) is 11.3 Å². The van der Waals surface area contributed by atoms with E-state index in [1.54, 1.807) is 12.1 Å². The number of carbonyl (C=O) groups excluding carboxylic acids is 1. The van der Waals surface area contributed by atoms with Gasteiger partial charge in [-0.25, -0.2) is 22.2 Å². The minimum absolute atomic E-state index is 0.0103. The Morgan fingerprint density at radius 3 is 2.68 bits per heavy atom. The molecule has 3 heterocycles. The van der Waals surface area contributed by atoms with Crippen molar-refractivity contribution in [3.05, 3.63) is 83.4 Å². The lowest BCUT2D eigenvalue weighted by atomic mass is 10.2. The molecular weight excluding hydrogens is 532 g/mol. The Morgan fingerprint density at radius 1 is 1.13 bits per heavy atom. The zero-order valence-corrected chi connectivity index (χ0v) is 21.8. The second-order valence-electron chi connectivity index (χ2n) is 9.26. The smallest absolute Gasteiger partial charge is 0.264 e. The third-order valence-electron chi connectivity index (χ3n) is 6.82. The minimum atomic E-state index is -3.81. The number of hydrogen-bond donors (Lipinski definition) is 0. The van der Waals surface area contributed by atoms with Crippen LogP contribution in [0.25, 0.3) is 10.2 Å². The minimum Gasteiger partial charge on any atom is -0.376 e. The van der Waals surface area contributed by atoms with Crippen molar-refractivity contribution in [1.29, 1.82) is 0 Å². The van der Waals surface area contributed by atoms with Gasteiger partial charge < -0.3 is 4.74 Å². The number of nitrogens with zero attached hydrogens (tertiary/aromatic N) is 3. The number of benzene rings is 3. The van der Waals surface area contributed by atoms with Gasteiger partial charge in [0.2, 0.25) is 0 Å². The van der Waals surface area contributed by atoms with E-state index in [9.17, 15) is 22.0 Å². The van der Waals surface area contributed by atoms with Crippen molar-refractivity contribution in [3.8, 4) is 0 Å². The molecule has 11 heteroatoms. The number of para-hydroxylation sites is 1. The topological polar surface area (TPSA) is 79.8 Å². The fourth-order valence-electron chi connectivity index (χ4n) is 4.91. The van der Waals surface area contributed by atoms with Crippen LogP contribution in [0.15, 0.2) is 65.6 Å². The summed E-state index contributed by atoms with van der Waals surface area (Å²) in [5, 5.41) is 0.218. The van der Waals surface area contributed by atoms with Crippen LogP contribution in [0.3, 0.4) is 0 Å². The number of carbonyl (C=O) groups is 1. The van der Waals surface area contributed by atoms with E-state index in [-0.39, 0.29) is 38.5 Å². The molecule has 0 bridgehead atoms. The molecule has 1 unspecified atom stereocenters. The summed E-state index contributed by atoms with van der Waals surface area (Å²) in [4.78, 5) is 19.4. The summed E-state index contributed by atoms with van der Waals surface area (Å²) in [6.07, 6.45) is 2.03. The first-order valence-corrected chi connectivity index (χ1v) is 14.5. The van der Waals surface area contributed by atoms with E-state index < -0.39 is 27.6 Å². The van der Waals surface area contributed by atoms with Gasteiger partial charge in [0.05, 0.1) is 27.9 Å². The van der Waals surface area contributed by atoms with Crippen LogP contribution in [0.5, 0.6) is 0 Å². The van der Waals surface area contributed by atoms with Crippen molar-refractivity contribution in [3.63, 3.8) is 0 Å². The molecule has 2 aliphatic rings. The van der Waals surface area contributed by atoms with Gasteiger partial charge in [0.25, 0.3) is 15.9 Å². The van der Waals surface area contributed by atoms with Gasteiger partial charge in [0.15, 0.2) is 10.9 Å². The number of hydrogen-bond acceptors (Lipinski definition) is 6. The van der Waals surface area contributed by atoms with E-state index in [4.69, 9.17) is 4.74 Å². The largest absolute Gasteiger partial charge is 0.376 e. The molecule has 3 aromatic carbocycles. The number of rotatable bonds is 6. The third kappa shape index (κ3) is 4.44. The summed E-state index contributed by atoms with van der Waals surface area (Å²) in [5.41, 5.74) is 1.87. The van der Waals surface area contributed by atoms with Crippen molar-refractivity contribution in [2.24, 2.45) is 0 Å². The summed E-state index contributed by atoms with van der Waals surface area (Å²) < 4.78 is 62.2. The van der Waals surface area contributed by atoms with E-state index in [2.05, 4.69) is 4.98 Å². The quantitative estimate of drug-likeness (QED) is 0.329. The first-order chi connectivity index (χ1) is 18.3. The molecule has 1 saturated heterocycles. The molecule has 38 heavy (non-hydrogen) atoms. The second-order valence-corrected chi connectivity index (χ2v) is 12.1. The van der Waals surface area contributed by atoms with Crippen LogP contribution < -0.4 is 9.21 Å². The monoisotopic (exact) mass is 555 g/mol. The van der Waals surface area contributed by atoms with Gasteiger partial charge >= 0.3 is 0 Å². The van der Waals surface area contributed by atoms with Crippen LogP contribution in [0.1, 0.15) is 28.8 Å². The van der Waals surface area contributed by atoms with Crippen LogP contribution >= 0.6 is 11.3 Å². The lowest BCUT2D eigenvalue weighted by Crippen LogP contribution is -2.37. The lowest BCUT2D eigenvalue weighted by molar-refractivity contribution is 0.0917. The maximum Gasteiger partial charge on any atom is 0.264 e. The number of anilines is 2. The molecule has 0 N–H and O–H groups in total. The maximum atomic E-state index is 14.3. The highest BCUT2D eigenvalue weighted by Crippen LogP contribution is 2.34. The Labute approximate surface area is 222 Å². The zero-order chi connectivity index (χ0) is 26.4. The van der Waals surface area contributed by atoms with Crippen molar-refractivity contribution in [2.45, 2.75) is 30.3 Å². The fraction of sp³-hybridized carbons (Fsp3) is 0.259. The lowest BCUT2D eigenvalue weighted by Gasteiger charge is -2.23. The Morgan fingerprint density at radius 2 is 1.92 bits per heavy atom. The van der Waals surface area contributed by atoms with Crippen molar-refractivity contribution in [1.82, 2.24) is 4.98 Å². The number of ether oxygens (including phenoxy) is 1. The summed E-state index contributed by atoms with van der Waals surface area (Å²) in [6, 6.07) is 15.1. The third-order valence-corrected chi connectivity index (χ3v) is 9.67. The summed E-state index contributed by atoms with van der Waals surface area (Å²) in [6.45, 7) is 1.12. The molecule has 0 radical (unpaired) electrons. The molecule has 6 rings (SSSR count). The zero-order valence-electron chi connectivity index (χ0n) is 20.1. The molecular formula is C27H23F2N3O4S2. The molecule has 0 aliphatic carbocycles. The molecule has 1 aromatic heterocycles. The number of fused-ring (bicyclic) bond motifs is 2. The Hall–Kier alpha value is -3.41. The Kier molecular flexibility index (Phi) is 6.37. The average Bonchev–Trinajstić information content (AvgIpc) is 3.66. The Bertz CT molecular complexity index is 1630. The summed E-state index contributed by atoms with van der Waals surface area (Å²) in [7, 11) is -3.81. The molecule has 1 atom stereocenters. The van der Waals surface area contributed by atoms with Crippen LogP contribution in [0.4, 0.5) is 19.6 Å². The highest BCUT2D eigenvalue weighted by molar-refractivity contribution is 7.92. The summed E-state index contributed by atoms with van der Waals surface area (Å²) >= 11 is 1.01. The number of amides is 1. The van der Waals surface area contributed by atoms with E-state index in [0.717, 1.165) is 35.8 Å². The van der Waals surface area contributed by atoms with E-state index >= 15 is 0 Å².